The summed E-state index contributed by atoms with van der Waals surface area (Å²) in [6, 6.07) is -0.448. The fraction of sp³-hybridized carbons (Fsp3) is 0.923. The van der Waals surface area contributed by atoms with E-state index in [1.807, 2.05) is 13.8 Å². The van der Waals surface area contributed by atoms with Gasteiger partial charge < -0.3 is 10.6 Å². The zero-order chi connectivity index (χ0) is 15.3. The molecule has 2 atom stereocenters. The van der Waals surface area contributed by atoms with Crippen molar-refractivity contribution >= 4 is 15.9 Å². The summed E-state index contributed by atoms with van der Waals surface area (Å²) in [7, 11) is -3.17. The number of rotatable bonds is 6. The zero-order valence-electron chi connectivity index (χ0n) is 12.6. The second-order valence-corrected chi connectivity index (χ2v) is 7.98. The second kappa shape index (κ2) is 7.38. The van der Waals surface area contributed by atoms with Crippen molar-refractivity contribution in [3.05, 3.63) is 0 Å². The Morgan fingerprint density at radius 3 is 2.65 bits per heavy atom. The molecule has 7 heteroatoms. The van der Waals surface area contributed by atoms with Crippen LogP contribution in [0.15, 0.2) is 0 Å². The van der Waals surface area contributed by atoms with Crippen molar-refractivity contribution in [3.8, 4) is 0 Å². The first-order chi connectivity index (χ1) is 9.19. The first-order valence-electron chi connectivity index (χ1n) is 7.18. The number of nitrogens with one attached hydrogen (secondary N) is 1. The maximum Gasteiger partial charge on any atom is 0.239 e. The summed E-state index contributed by atoms with van der Waals surface area (Å²) < 4.78 is 24.7. The van der Waals surface area contributed by atoms with Crippen LogP contribution in [0.3, 0.4) is 0 Å². The predicted octanol–water partition coefficient (Wildman–Crippen LogP) is 0.148. The summed E-state index contributed by atoms with van der Waals surface area (Å²) in [5.74, 6) is 0.554. The molecular weight excluding hydrogens is 278 g/mol. The quantitative estimate of drug-likeness (QED) is 0.730. The van der Waals surface area contributed by atoms with Gasteiger partial charge in [-0.15, -0.1) is 0 Å². The Hall–Kier alpha value is -0.660. The minimum atomic E-state index is -3.17. The van der Waals surface area contributed by atoms with Crippen molar-refractivity contribution in [1.82, 2.24) is 9.62 Å². The van der Waals surface area contributed by atoms with Crippen molar-refractivity contribution in [1.29, 1.82) is 0 Å². The lowest BCUT2D eigenvalue weighted by molar-refractivity contribution is -0.134. The fourth-order valence-electron chi connectivity index (χ4n) is 2.54. The van der Waals surface area contributed by atoms with Crippen LogP contribution in [-0.4, -0.2) is 51.2 Å². The van der Waals surface area contributed by atoms with Crippen LogP contribution in [0.2, 0.25) is 0 Å². The Balaban J connectivity index is 2.49. The van der Waals surface area contributed by atoms with E-state index in [1.165, 1.54) is 0 Å². The Bertz CT molecular complexity index is 423. The lowest BCUT2D eigenvalue weighted by Gasteiger charge is -2.34. The number of hydrogen-bond acceptors (Lipinski definition) is 4. The largest absolute Gasteiger partial charge is 0.341 e. The first-order valence-corrected chi connectivity index (χ1v) is 9.07. The fourth-order valence-corrected chi connectivity index (χ4v) is 3.08. The predicted molar refractivity (Wildman–Crippen MR) is 79.6 cm³/mol. The van der Waals surface area contributed by atoms with Gasteiger partial charge in [-0.3, -0.25) is 4.79 Å². The highest BCUT2D eigenvalue weighted by Gasteiger charge is 2.27. The maximum atomic E-state index is 12.2. The van der Waals surface area contributed by atoms with E-state index in [0.29, 0.717) is 25.4 Å². The molecule has 0 aromatic heterocycles. The first kappa shape index (κ1) is 17.4. The molecule has 0 aromatic rings. The topological polar surface area (TPSA) is 92.5 Å². The number of carbonyl (C=O) groups excluding carboxylic acids is 1. The summed E-state index contributed by atoms with van der Waals surface area (Å²) in [6.45, 7) is 5.79. The molecule has 1 aliphatic rings. The van der Waals surface area contributed by atoms with Crippen LogP contribution in [0.5, 0.6) is 0 Å². The lowest BCUT2D eigenvalue weighted by atomic mass is 9.96. The third-order valence-corrected chi connectivity index (χ3v) is 4.20. The summed E-state index contributed by atoms with van der Waals surface area (Å²) in [5, 5.41) is 0. The van der Waals surface area contributed by atoms with Gasteiger partial charge in [0.25, 0.3) is 0 Å². The average molecular weight is 305 g/mol. The van der Waals surface area contributed by atoms with E-state index >= 15 is 0 Å². The van der Waals surface area contributed by atoms with Gasteiger partial charge in [0.15, 0.2) is 0 Å². The van der Waals surface area contributed by atoms with E-state index < -0.39 is 16.1 Å². The SMILES string of the molecule is CC(C)C[C@H](N)C(=O)N1CCCC(CNS(C)(=O)=O)C1. The summed E-state index contributed by atoms with van der Waals surface area (Å²) in [5.41, 5.74) is 5.93. The molecule has 118 valence electrons. The van der Waals surface area contributed by atoms with Crippen molar-refractivity contribution in [2.45, 2.75) is 39.2 Å². The second-order valence-electron chi connectivity index (χ2n) is 6.15. The monoisotopic (exact) mass is 305 g/mol. The van der Waals surface area contributed by atoms with E-state index in [0.717, 1.165) is 25.6 Å². The summed E-state index contributed by atoms with van der Waals surface area (Å²) in [6.07, 6.45) is 3.67. The van der Waals surface area contributed by atoms with Gasteiger partial charge in [0.2, 0.25) is 15.9 Å². The van der Waals surface area contributed by atoms with E-state index in [2.05, 4.69) is 4.72 Å². The highest BCUT2D eigenvalue weighted by atomic mass is 32.2. The van der Waals surface area contributed by atoms with Gasteiger partial charge in [-0.2, -0.15) is 0 Å². The number of nitrogens with zero attached hydrogens (tertiary/aromatic N) is 1. The van der Waals surface area contributed by atoms with Gasteiger partial charge in [0, 0.05) is 19.6 Å². The smallest absolute Gasteiger partial charge is 0.239 e. The van der Waals surface area contributed by atoms with Gasteiger partial charge in [-0.05, 0) is 31.1 Å². The standard InChI is InChI=1S/C13H27N3O3S/c1-10(2)7-12(14)13(17)16-6-4-5-11(9-16)8-15-20(3,18)19/h10-12,15H,4-9,14H2,1-3H3/t11?,12-/m0/s1. The molecular formula is C13H27N3O3S. The van der Waals surface area contributed by atoms with Gasteiger partial charge in [-0.25, -0.2) is 13.1 Å². The third kappa shape index (κ3) is 6.19. The molecule has 0 radical (unpaired) electrons. The average Bonchev–Trinajstić information content (AvgIpc) is 2.34. The molecule has 1 aliphatic heterocycles. The maximum absolute atomic E-state index is 12.2. The highest BCUT2D eigenvalue weighted by molar-refractivity contribution is 7.88. The Kier molecular flexibility index (Phi) is 6.42. The van der Waals surface area contributed by atoms with Crippen LogP contribution in [-0.2, 0) is 14.8 Å². The third-order valence-electron chi connectivity index (χ3n) is 3.51. The number of amides is 1. The lowest BCUT2D eigenvalue weighted by Crippen LogP contribution is -2.49. The van der Waals surface area contributed by atoms with Crippen molar-refractivity contribution in [2.24, 2.45) is 17.6 Å². The number of sulfonamides is 1. The van der Waals surface area contributed by atoms with Gasteiger partial charge in [0.05, 0.1) is 12.3 Å². The molecule has 20 heavy (non-hydrogen) atoms. The molecule has 1 unspecified atom stereocenters. The number of likely N-dealkylation sites (tertiary alicyclic amines) is 1. The number of nitrogens with two attached hydrogens (primary N) is 1. The molecule has 3 N–H and O–H groups in total. The van der Waals surface area contributed by atoms with E-state index in [9.17, 15) is 13.2 Å². The molecule has 1 amide bonds. The van der Waals surface area contributed by atoms with Crippen LogP contribution in [0, 0.1) is 11.8 Å². The normalized spacial score (nSPS) is 22.1. The van der Waals surface area contributed by atoms with Crippen LogP contribution in [0.4, 0.5) is 0 Å². The Morgan fingerprint density at radius 2 is 2.10 bits per heavy atom. The summed E-state index contributed by atoms with van der Waals surface area (Å²) in [4.78, 5) is 14.0. The minimum absolute atomic E-state index is 0.0113. The zero-order valence-corrected chi connectivity index (χ0v) is 13.4. The van der Waals surface area contributed by atoms with Crippen molar-refractivity contribution in [2.75, 3.05) is 25.9 Å². The van der Waals surface area contributed by atoms with Crippen LogP contribution in [0.1, 0.15) is 33.1 Å². The molecule has 0 spiro atoms. The molecule has 0 bridgehead atoms. The van der Waals surface area contributed by atoms with E-state index in [1.54, 1.807) is 4.90 Å². The number of piperidine rings is 1. The van der Waals surface area contributed by atoms with Gasteiger partial charge >= 0.3 is 0 Å². The molecule has 0 aliphatic carbocycles. The van der Waals surface area contributed by atoms with Crippen LogP contribution >= 0.6 is 0 Å². The molecule has 1 saturated heterocycles. The van der Waals surface area contributed by atoms with Crippen molar-refractivity contribution in [3.63, 3.8) is 0 Å². The molecule has 6 nitrogen and oxygen atoms in total. The summed E-state index contributed by atoms with van der Waals surface area (Å²) >= 11 is 0. The van der Waals surface area contributed by atoms with E-state index in [4.69, 9.17) is 5.73 Å². The molecule has 1 heterocycles. The minimum Gasteiger partial charge on any atom is -0.341 e. The number of carbonyl (C=O) groups is 1. The molecule has 1 rings (SSSR count). The van der Waals surface area contributed by atoms with Gasteiger partial charge in [0.1, 0.15) is 0 Å². The molecule has 0 saturated carbocycles. The van der Waals surface area contributed by atoms with Gasteiger partial charge in [-0.1, -0.05) is 13.8 Å². The highest BCUT2D eigenvalue weighted by Crippen LogP contribution is 2.17. The Morgan fingerprint density at radius 1 is 1.45 bits per heavy atom. The van der Waals surface area contributed by atoms with Crippen LogP contribution < -0.4 is 10.5 Å². The molecule has 1 fully saturated rings. The Labute approximate surface area is 122 Å². The van der Waals surface area contributed by atoms with Crippen molar-refractivity contribution < 1.29 is 13.2 Å². The number of hydrogen-bond donors (Lipinski definition) is 2. The van der Waals surface area contributed by atoms with Crippen LogP contribution in [0.25, 0.3) is 0 Å². The molecule has 0 aromatic carbocycles. The van der Waals surface area contributed by atoms with E-state index in [-0.39, 0.29) is 11.8 Å².